The van der Waals surface area contributed by atoms with Gasteiger partial charge in [0.15, 0.2) is 18.1 Å². The van der Waals surface area contributed by atoms with E-state index in [1.54, 1.807) is 48.5 Å². The number of hydrogen-bond acceptors (Lipinski definition) is 6. The van der Waals surface area contributed by atoms with Gasteiger partial charge in [-0.3, -0.25) is 9.59 Å². The summed E-state index contributed by atoms with van der Waals surface area (Å²) in [5, 5.41) is 15.6. The van der Waals surface area contributed by atoms with Crippen molar-refractivity contribution in [3.63, 3.8) is 0 Å². The number of nitriles is 1. The molecule has 0 aliphatic heterocycles. The lowest BCUT2D eigenvalue weighted by Crippen LogP contribution is -2.20. The second-order valence-corrected chi connectivity index (χ2v) is 9.49. The zero-order valence-corrected chi connectivity index (χ0v) is 23.8. The van der Waals surface area contributed by atoms with Crippen LogP contribution >= 0.6 is 34.2 Å². The van der Waals surface area contributed by atoms with Gasteiger partial charge < -0.3 is 24.8 Å². The highest BCUT2D eigenvalue weighted by atomic mass is 127. The Hall–Kier alpha value is -3.75. The zero-order chi connectivity index (χ0) is 27.7. The number of methoxy groups -OCH3 is 1. The molecule has 196 valence electrons. The fourth-order valence-electron chi connectivity index (χ4n) is 3.28. The van der Waals surface area contributed by atoms with Crippen molar-refractivity contribution in [2.45, 2.75) is 13.8 Å². The minimum Gasteiger partial charge on any atom is -0.494 e. The van der Waals surface area contributed by atoms with Gasteiger partial charge in [-0.15, -0.1) is 0 Å². The molecular weight excluding hydrogens is 621 g/mol. The molecule has 3 rings (SSSR count). The van der Waals surface area contributed by atoms with Crippen molar-refractivity contribution in [2.75, 3.05) is 31.0 Å². The third-order valence-electron chi connectivity index (χ3n) is 5.15. The van der Waals surface area contributed by atoms with E-state index in [0.29, 0.717) is 49.4 Å². The van der Waals surface area contributed by atoms with E-state index in [9.17, 15) is 14.9 Å². The van der Waals surface area contributed by atoms with Crippen LogP contribution in [0.2, 0.25) is 5.02 Å². The van der Waals surface area contributed by atoms with Crippen LogP contribution in [0.3, 0.4) is 0 Å². The van der Waals surface area contributed by atoms with Crippen molar-refractivity contribution < 1.29 is 23.8 Å². The fraction of sp³-hybridized carbons (Fsp3) is 0.179. The second-order valence-electron chi connectivity index (χ2n) is 7.92. The maximum Gasteiger partial charge on any atom is 0.266 e. The Morgan fingerprint density at radius 1 is 1.05 bits per heavy atom. The van der Waals surface area contributed by atoms with Crippen molar-refractivity contribution in [3.05, 3.63) is 79.9 Å². The normalized spacial score (nSPS) is 10.8. The first kappa shape index (κ1) is 28.8. The molecule has 0 unspecified atom stereocenters. The average Bonchev–Trinajstić information content (AvgIpc) is 2.89. The predicted molar refractivity (Wildman–Crippen MR) is 156 cm³/mol. The van der Waals surface area contributed by atoms with Gasteiger partial charge in [-0.1, -0.05) is 17.7 Å². The molecule has 0 heterocycles. The maximum absolute atomic E-state index is 12.7. The molecule has 3 aromatic rings. The first-order chi connectivity index (χ1) is 18.2. The van der Waals surface area contributed by atoms with E-state index >= 15 is 0 Å². The van der Waals surface area contributed by atoms with Crippen molar-refractivity contribution >= 4 is 63.5 Å². The monoisotopic (exact) mass is 645 g/mol. The topological polar surface area (TPSA) is 110 Å². The molecule has 3 aromatic carbocycles. The molecule has 0 saturated heterocycles. The van der Waals surface area contributed by atoms with Gasteiger partial charge in [0.05, 0.1) is 17.3 Å². The van der Waals surface area contributed by atoms with Crippen LogP contribution in [-0.2, 0) is 9.59 Å². The Morgan fingerprint density at radius 3 is 2.39 bits per heavy atom. The van der Waals surface area contributed by atoms with E-state index in [1.807, 2.05) is 48.6 Å². The molecule has 38 heavy (non-hydrogen) atoms. The third kappa shape index (κ3) is 7.87. The summed E-state index contributed by atoms with van der Waals surface area (Å²) < 4.78 is 17.2. The molecule has 10 heteroatoms. The molecule has 0 radical (unpaired) electrons. The maximum atomic E-state index is 12.7. The van der Waals surface area contributed by atoms with Crippen LogP contribution in [0.1, 0.15) is 18.1 Å². The lowest BCUT2D eigenvalue weighted by Gasteiger charge is -2.14. The largest absolute Gasteiger partial charge is 0.494 e. The number of carbonyl (C=O) groups is 2. The predicted octanol–water partition coefficient (Wildman–Crippen LogP) is 6.22. The molecular formula is C28H25ClIN3O5. The number of hydrogen-bond donors (Lipinski definition) is 2. The van der Waals surface area contributed by atoms with Crippen LogP contribution in [0.25, 0.3) is 6.08 Å². The molecule has 0 aliphatic carbocycles. The average molecular weight is 646 g/mol. The minimum atomic E-state index is -0.557. The van der Waals surface area contributed by atoms with Crippen LogP contribution in [0, 0.1) is 21.8 Å². The number of rotatable bonds is 10. The Morgan fingerprint density at radius 2 is 1.76 bits per heavy atom. The molecule has 0 spiro atoms. The van der Waals surface area contributed by atoms with E-state index in [0.717, 1.165) is 5.56 Å². The van der Waals surface area contributed by atoms with Crippen molar-refractivity contribution in [2.24, 2.45) is 0 Å². The highest BCUT2D eigenvalue weighted by molar-refractivity contribution is 14.1. The summed E-state index contributed by atoms with van der Waals surface area (Å²) >= 11 is 8.15. The number of ether oxygens (including phenoxy) is 3. The Balaban J connectivity index is 1.71. The van der Waals surface area contributed by atoms with Crippen molar-refractivity contribution in [1.29, 1.82) is 5.26 Å². The van der Waals surface area contributed by atoms with Gasteiger partial charge in [-0.2, -0.15) is 5.26 Å². The summed E-state index contributed by atoms with van der Waals surface area (Å²) in [6.07, 6.45) is 1.45. The second kappa shape index (κ2) is 13.7. The number of aryl methyl sites for hydroxylation is 1. The molecule has 0 saturated carbocycles. The molecule has 2 N–H and O–H groups in total. The number of nitrogens with zero attached hydrogens (tertiary/aromatic N) is 1. The number of halogens is 2. The van der Waals surface area contributed by atoms with Crippen molar-refractivity contribution in [1.82, 2.24) is 0 Å². The summed E-state index contributed by atoms with van der Waals surface area (Å²) in [5.41, 5.74) is 2.45. The first-order valence-electron chi connectivity index (χ1n) is 11.5. The smallest absolute Gasteiger partial charge is 0.266 e. The Labute approximate surface area is 239 Å². The van der Waals surface area contributed by atoms with Crippen LogP contribution in [-0.4, -0.2) is 32.1 Å². The quantitative estimate of drug-likeness (QED) is 0.154. The summed E-state index contributed by atoms with van der Waals surface area (Å²) in [4.78, 5) is 25.1. The van der Waals surface area contributed by atoms with E-state index < -0.39 is 5.91 Å². The molecule has 0 atom stereocenters. The fourth-order valence-corrected chi connectivity index (χ4v) is 4.25. The lowest BCUT2D eigenvalue weighted by atomic mass is 10.1. The summed E-state index contributed by atoms with van der Waals surface area (Å²) in [7, 11) is 1.46. The van der Waals surface area contributed by atoms with Crippen LogP contribution in [0.4, 0.5) is 11.4 Å². The Kier molecular flexibility index (Phi) is 10.4. The van der Waals surface area contributed by atoms with Gasteiger partial charge in [0, 0.05) is 16.4 Å². The molecule has 0 bridgehead atoms. The van der Waals surface area contributed by atoms with E-state index in [1.165, 1.54) is 13.2 Å². The molecule has 0 aromatic heterocycles. The van der Waals surface area contributed by atoms with Gasteiger partial charge in [-0.25, -0.2) is 0 Å². The highest BCUT2D eigenvalue weighted by Gasteiger charge is 2.16. The van der Waals surface area contributed by atoms with Gasteiger partial charge in [0.25, 0.3) is 11.8 Å². The van der Waals surface area contributed by atoms with E-state index in [2.05, 4.69) is 10.6 Å². The third-order valence-corrected chi connectivity index (χ3v) is 6.36. The number of nitrogens with one attached hydrogen (secondary N) is 2. The summed E-state index contributed by atoms with van der Waals surface area (Å²) in [5.74, 6) is 0.462. The van der Waals surface area contributed by atoms with Crippen LogP contribution in [0.15, 0.2) is 60.2 Å². The first-order valence-corrected chi connectivity index (χ1v) is 12.9. The minimum absolute atomic E-state index is 0.0958. The van der Waals surface area contributed by atoms with Gasteiger partial charge in [-0.05, 0) is 102 Å². The molecule has 2 amide bonds. The SMILES string of the molecule is CCOc1ccc(NC(=O)/C(C#N)=C/c2cc(I)c(OCC(=O)Nc3ccc(C)c(Cl)c3)c(OC)c2)cc1. The number of benzene rings is 3. The highest BCUT2D eigenvalue weighted by Crippen LogP contribution is 2.35. The number of amides is 2. The molecule has 0 aliphatic rings. The standard InChI is InChI=1S/C28H25ClIN3O5/c1-4-37-22-9-7-20(8-10-22)33-28(35)19(15-31)11-18-12-24(30)27(25(13-18)36-3)38-16-26(34)32-21-6-5-17(2)23(29)14-21/h5-14H,4,16H2,1-3H3,(H,32,34)(H,33,35)/b19-11+. The number of anilines is 2. The van der Waals surface area contributed by atoms with Crippen LogP contribution in [0.5, 0.6) is 17.2 Å². The zero-order valence-electron chi connectivity index (χ0n) is 20.9. The van der Waals surface area contributed by atoms with E-state index in [4.69, 9.17) is 25.8 Å². The summed E-state index contributed by atoms with van der Waals surface area (Å²) in [6.45, 7) is 4.03. The summed E-state index contributed by atoms with van der Waals surface area (Å²) in [6, 6.07) is 17.4. The number of carbonyl (C=O) groups excluding carboxylic acids is 2. The van der Waals surface area contributed by atoms with Gasteiger partial charge in [0.1, 0.15) is 17.4 Å². The van der Waals surface area contributed by atoms with E-state index in [-0.39, 0.29) is 18.1 Å². The van der Waals surface area contributed by atoms with Gasteiger partial charge in [0.2, 0.25) is 0 Å². The van der Waals surface area contributed by atoms with Crippen LogP contribution < -0.4 is 24.8 Å². The molecule has 8 nitrogen and oxygen atoms in total. The Bertz CT molecular complexity index is 1400. The lowest BCUT2D eigenvalue weighted by molar-refractivity contribution is -0.118. The van der Waals surface area contributed by atoms with Gasteiger partial charge >= 0.3 is 0 Å². The molecule has 0 fully saturated rings. The van der Waals surface area contributed by atoms with Crippen molar-refractivity contribution in [3.8, 4) is 23.3 Å².